The molecule has 0 bridgehead atoms. The lowest BCUT2D eigenvalue weighted by Gasteiger charge is -2.34. The molecule has 1 saturated carbocycles. The number of halogens is 1. The van der Waals surface area contributed by atoms with Crippen molar-refractivity contribution in [1.82, 2.24) is 5.32 Å². The zero-order valence-electron chi connectivity index (χ0n) is 11.0. The minimum Gasteiger partial charge on any atom is -0.330 e. The zero-order chi connectivity index (χ0) is 13.0. The van der Waals surface area contributed by atoms with Gasteiger partial charge >= 0.3 is 0 Å². The molecule has 0 radical (unpaired) electrons. The van der Waals surface area contributed by atoms with Crippen molar-refractivity contribution in [2.75, 3.05) is 6.54 Å². The van der Waals surface area contributed by atoms with Crippen LogP contribution in [0.3, 0.4) is 0 Å². The van der Waals surface area contributed by atoms with Crippen molar-refractivity contribution >= 4 is 0 Å². The van der Waals surface area contributed by atoms with E-state index in [1.54, 1.807) is 6.07 Å². The molecule has 1 aliphatic carbocycles. The van der Waals surface area contributed by atoms with Gasteiger partial charge in [-0.25, -0.2) is 4.39 Å². The molecule has 1 fully saturated rings. The van der Waals surface area contributed by atoms with Crippen LogP contribution in [0.2, 0.25) is 0 Å². The summed E-state index contributed by atoms with van der Waals surface area (Å²) < 4.78 is 13.7. The Morgan fingerprint density at radius 1 is 1.33 bits per heavy atom. The molecule has 18 heavy (non-hydrogen) atoms. The highest BCUT2D eigenvalue weighted by Crippen LogP contribution is 2.26. The second kappa shape index (κ2) is 6.30. The molecular formula is C15H23FN2. The minimum absolute atomic E-state index is 0.0448. The highest BCUT2D eigenvalue weighted by Gasteiger charge is 2.25. The first-order valence-electron chi connectivity index (χ1n) is 6.93. The maximum atomic E-state index is 13.7. The highest BCUT2D eigenvalue weighted by atomic mass is 19.1. The average molecular weight is 250 g/mol. The van der Waals surface area contributed by atoms with Crippen LogP contribution < -0.4 is 11.1 Å². The molecule has 2 nitrogen and oxygen atoms in total. The second-order valence-corrected chi connectivity index (χ2v) is 5.30. The summed E-state index contributed by atoms with van der Waals surface area (Å²) in [6.07, 6.45) is 4.87. The van der Waals surface area contributed by atoms with Gasteiger partial charge in [0, 0.05) is 17.6 Å². The lowest BCUT2D eigenvalue weighted by atomic mass is 9.84. The lowest BCUT2D eigenvalue weighted by Crippen LogP contribution is -2.43. The molecule has 3 heteroatoms. The second-order valence-electron chi connectivity index (χ2n) is 5.30. The Bertz CT molecular complexity index is 381. The Hall–Kier alpha value is -0.930. The van der Waals surface area contributed by atoms with Gasteiger partial charge in [-0.1, -0.05) is 31.0 Å². The molecule has 0 aromatic heterocycles. The van der Waals surface area contributed by atoms with Crippen molar-refractivity contribution in [3.63, 3.8) is 0 Å². The van der Waals surface area contributed by atoms with Crippen LogP contribution in [0.25, 0.3) is 0 Å². The molecule has 0 heterocycles. The van der Waals surface area contributed by atoms with E-state index in [-0.39, 0.29) is 11.9 Å². The van der Waals surface area contributed by atoms with E-state index in [1.165, 1.54) is 25.3 Å². The van der Waals surface area contributed by atoms with Gasteiger partial charge in [0.2, 0.25) is 0 Å². The molecule has 0 saturated heterocycles. The number of hydrogen-bond donors (Lipinski definition) is 2. The highest BCUT2D eigenvalue weighted by molar-refractivity contribution is 5.20. The van der Waals surface area contributed by atoms with Crippen LogP contribution in [0.1, 0.15) is 44.2 Å². The molecule has 2 unspecified atom stereocenters. The third-order valence-electron chi connectivity index (χ3n) is 4.05. The van der Waals surface area contributed by atoms with E-state index in [0.717, 1.165) is 18.5 Å². The van der Waals surface area contributed by atoms with Gasteiger partial charge in [-0.3, -0.25) is 0 Å². The summed E-state index contributed by atoms with van der Waals surface area (Å²) in [5.74, 6) is 0.408. The Labute approximate surface area is 109 Å². The van der Waals surface area contributed by atoms with Crippen LogP contribution in [0.15, 0.2) is 24.3 Å². The van der Waals surface area contributed by atoms with Crippen LogP contribution in [0, 0.1) is 11.7 Å². The SMILES string of the molecule is C[C@@H](NC1CCCCC1CN)c1ccccc1F. The molecule has 0 amide bonds. The largest absolute Gasteiger partial charge is 0.330 e. The molecule has 1 aromatic carbocycles. The average Bonchev–Trinajstić information content (AvgIpc) is 2.39. The predicted molar refractivity (Wildman–Crippen MR) is 72.8 cm³/mol. The minimum atomic E-state index is -0.127. The van der Waals surface area contributed by atoms with E-state index in [0.29, 0.717) is 12.0 Å². The monoisotopic (exact) mass is 250 g/mol. The number of benzene rings is 1. The standard InChI is InChI=1S/C15H23FN2/c1-11(13-7-3-4-8-14(13)16)18-15-9-5-2-6-12(15)10-17/h3-4,7-8,11-12,15,18H,2,5-6,9-10,17H2,1H3/t11-,12?,15?/m1/s1. The molecule has 1 aromatic rings. The van der Waals surface area contributed by atoms with E-state index in [9.17, 15) is 4.39 Å². The summed E-state index contributed by atoms with van der Waals surface area (Å²) in [5.41, 5.74) is 6.57. The number of nitrogens with two attached hydrogens (primary N) is 1. The van der Waals surface area contributed by atoms with Crippen LogP contribution in [-0.2, 0) is 0 Å². The maximum absolute atomic E-state index is 13.7. The molecule has 2 rings (SSSR count). The molecule has 0 aliphatic heterocycles. The zero-order valence-corrected chi connectivity index (χ0v) is 11.0. The van der Waals surface area contributed by atoms with Gasteiger partial charge in [-0.15, -0.1) is 0 Å². The van der Waals surface area contributed by atoms with E-state index >= 15 is 0 Å². The fourth-order valence-electron chi connectivity index (χ4n) is 2.95. The third-order valence-corrected chi connectivity index (χ3v) is 4.05. The molecular weight excluding hydrogens is 227 g/mol. The van der Waals surface area contributed by atoms with Crippen molar-refractivity contribution in [2.45, 2.75) is 44.7 Å². The quantitative estimate of drug-likeness (QED) is 0.862. The van der Waals surface area contributed by atoms with Crippen molar-refractivity contribution in [2.24, 2.45) is 11.7 Å². The fourth-order valence-corrected chi connectivity index (χ4v) is 2.95. The van der Waals surface area contributed by atoms with Gasteiger partial charge in [0.1, 0.15) is 5.82 Å². The van der Waals surface area contributed by atoms with E-state index in [4.69, 9.17) is 5.73 Å². The summed E-state index contributed by atoms with van der Waals surface area (Å²) in [6.45, 7) is 2.75. The number of nitrogens with one attached hydrogen (secondary N) is 1. The van der Waals surface area contributed by atoms with E-state index < -0.39 is 0 Å². The van der Waals surface area contributed by atoms with E-state index in [2.05, 4.69) is 5.32 Å². The Balaban J connectivity index is 2.02. The number of rotatable bonds is 4. The van der Waals surface area contributed by atoms with Gasteiger partial charge in [-0.2, -0.15) is 0 Å². The van der Waals surface area contributed by atoms with Crippen LogP contribution >= 0.6 is 0 Å². The van der Waals surface area contributed by atoms with Gasteiger partial charge < -0.3 is 11.1 Å². The van der Waals surface area contributed by atoms with Crippen LogP contribution in [-0.4, -0.2) is 12.6 Å². The van der Waals surface area contributed by atoms with Crippen molar-refractivity contribution in [3.05, 3.63) is 35.6 Å². The van der Waals surface area contributed by atoms with E-state index in [1.807, 2.05) is 19.1 Å². The first-order chi connectivity index (χ1) is 8.72. The first-order valence-corrected chi connectivity index (χ1v) is 6.93. The normalized spacial score (nSPS) is 25.9. The van der Waals surface area contributed by atoms with Crippen LogP contribution in [0.5, 0.6) is 0 Å². The Morgan fingerprint density at radius 3 is 2.78 bits per heavy atom. The summed E-state index contributed by atoms with van der Waals surface area (Å²) in [6, 6.07) is 7.47. The van der Waals surface area contributed by atoms with Crippen LogP contribution in [0.4, 0.5) is 4.39 Å². The summed E-state index contributed by atoms with van der Waals surface area (Å²) in [5, 5.41) is 3.56. The molecule has 3 atom stereocenters. The predicted octanol–water partition coefficient (Wildman–Crippen LogP) is 2.99. The Kier molecular flexibility index (Phi) is 4.72. The first kappa shape index (κ1) is 13.5. The van der Waals surface area contributed by atoms with Gasteiger partial charge in [0.25, 0.3) is 0 Å². The summed E-state index contributed by atoms with van der Waals surface area (Å²) in [4.78, 5) is 0. The maximum Gasteiger partial charge on any atom is 0.127 e. The van der Waals surface area contributed by atoms with Gasteiger partial charge in [0.05, 0.1) is 0 Å². The van der Waals surface area contributed by atoms with Gasteiger partial charge in [-0.05, 0) is 38.3 Å². The van der Waals surface area contributed by atoms with Gasteiger partial charge in [0.15, 0.2) is 0 Å². The van der Waals surface area contributed by atoms with Crippen molar-refractivity contribution in [1.29, 1.82) is 0 Å². The molecule has 1 aliphatic rings. The number of hydrogen-bond acceptors (Lipinski definition) is 2. The third kappa shape index (κ3) is 3.09. The lowest BCUT2D eigenvalue weighted by molar-refractivity contribution is 0.251. The smallest absolute Gasteiger partial charge is 0.127 e. The molecule has 0 spiro atoms. The van der Waals surface area contributed by atoms with Crippen molar-refractivity contribution in [3.8, 4) is 0 Å². The molecule has 3 N–H and O–H groups in total. The topological polar surface area (TPSA) is 38.0 Å². The van der Waals surface area contributed by atoms with Crippen molar-refractivity contribution < 1.29 is 4.39 Å². The molecule has 100 valence electrons. The fraction of sp³-hybridized carbons (Fsp3) is 0.600. The summed E-state index contributed by atoms with van der Waals surface area (Å²) >= 11 is 0. The summed E-state index contributed by atoms with van der Waals surface area (Å²) in [7, 11) is 0. The Morgan fingerprint density at radius 2 is 2.06 bits per heavy atom.